The third-order valence-corrected chi connectivity index (χ3v) is 4.25. The monoisotopic (exact) mass is 321 g/mol. The van der Waals surface area contributed by atoms with Crippen LogP contribution in [0.25, 0.3) is 0 Å². The summed E-state index contributed by atoms with van der Waals surface area (Å²) in [5, 5.41) is 3.00. The van der Waals surface area contributed by atoms with Gasteiger partial charge in [0.2, 0.25) is 11.9 Å². The number of amides is 1. The Labute approximate surface area is 135 Å². The predicted octanol–water partition coefficient (Wildman–Crippen LogP) is -0.871. The number of nitrogens with zero attached hydrogens (tertiary/aromatic N) is 4. The van der Waals surface area contributed by atoms with Gasteiger partial charge < -0.3 is 19.7 Å². The van der Waals surface area contributed by atoms with Crippen LogP contribution in [0.1, 0.15) is 0 Å². The molecule has 23 heavy (non-hydrogen) atoms. The summed E-state index contributed by atoms with van der Waals surface area (Å²) < 4.78 is 10.6. The van der Waals surface area contributed by atoms with Crippen LogP contribution < -0.4 is 10.2 Å². The highest BCUT2D eigenvalue weighted by molar-refractivity contribution is 5.78. The Hall–Kier alpha value is -1.77. The van der Waals surface area contributed by atoms with E-state index in [2.05, 4.69) is 25.1 Å². The van der Waals surface area contributed by atoms with Crippen molar-refractivity contribution < 1.29 is 14.3 Å². The Bertz CT molecular complexity index is 507. The summed E-state index contributed by atoms with van der Waals surface area (Å²) >= 11 is 0. The standard InChI is InChI=1S/C15H23N5O3/c1-22-13-11-23-10-12(13)18-14(21)9-19-5-7-20(8-6-19)15-16-3-2-4-17-15/h2-4,12-13H,5-11H2,1H3,(H,18,21)/t12-,13-/m0/s1. The van der Waals surface area contributed by atoms with Crippen LogP contribution >= 0.6 is 0 Å². The van der Waals surface area contributed by atoms with E-state index in [0.717, 1.165) is 32.1 Å². The lowest BCUT2D eigenvalue weighted by Gasteiger charge is -2.34. The zero-order chi connectivity index (χ0) is 16.1. The molecule has 2 fully saturated rings. The second-order valence-electron chi connectivity index (χ2n) is 5.80. The van der Waals surface area contributed by atoms with Crippen molar-refractivity contribution in [2.75, 3.05) is 57.9 Å². The fraction of sp³-hybridized carbons (Fsp3) is 0.667. The number of hydrogen-bond donors (Lipinski definition) is 1. The van der Waals surface area contributed by atoms with Crippen LogP contribution in [-0.4, -0.2) is 86.0 Å². The summed E-state index contributed by atoms with van der Waals surface area (Å²) in [6.45, 7) is 4.74. The van der Waals surface area contributed by atoms with Gasteiger partial charge in [-0.1, -0.05) is 0 Å². The van der Waals surface area contributed by atoms with E-state index in [0.29, 0.717) is 19.8 Å². The molecule has 0 aromatic carbocycles. The van der Waals surface area contributed by atoms with Crippen molar-refractivity contribution in [2.45, 2.75) is 12.1 Å². The quantitative estimate of drug-likeness (QED) is 0.755. The Balaban J connectivity index is 1.42. The second-order valence-corrected chi connectivity index (χ2v) is 5.80. The largest absolute Gasteiger partial charge is 0.377 e. The summed E-state index contributed by atoms with van der Waals surface area (Å²) in [4.78, 5) is 25.0. The van der Waals surface area contributed by atoms with Crippen molar-refractivity contribution in [3.05, 3.63) is 18.5 Å². The van der Waals surface area contributed by atoms with Crippen LogP contribution in [0.2, 0.25) is 0 Å². The topological polar surface area (TPSA) is 79.8 Å². The normalized spacial score (nSPS) is 25.5. The first kappa shape index (κ1) is 16.1. The van der Waals surface area contributed by atoms with Crippen LogP contribution in [0.5, 0.6) is 0 Å². The van der Waals surface area contributed by atoms with Crippen LogP contribution in [0.15, 0.2) is 18.5 Å². The Morgan fingerprint density at radius 2 is 2.04 bits per heavy atom. The Morgan fingerprint density at radius 1 is 1.30 bits per heavy atom. The van der Waals surface area contributed by atoms with Gasteiger partial charge in [0.25, 0.3) is 0 Å². The lowest BCUT2D eigenvalue weighted by molar-refractivity contribution is -0.123. The van der Waals surface area contributed by atoms with Crippen molar-refractivity contribution in [3.8, 4) is 0 Å². The van der Waals surface area contributed by atoms with Gasteiger partial charge >= 0.3 is 0 Å². The van der Waals surface area contributed by atoms with E-state index in [1.165, 1.54) is 0 Å². The van der Waals surface area contributed by atoms with Crippen molar-refractivity contribution in [3.63, 3.8) is 0 Å². The third kappa shape index (κ3) is 4.15. The number of piperazine rings is 1. The predicted molar refractivity (Wildman–Crippen MR) is 84.2 cm³/mol. The molecule has 2 atom stereocenters. The highest BCUT2D eigenvalue weighted by atomic mass is 16.5. The maximum atomic E-state index is 12.2. The number of methoxy groups -OCH3 is 1. The molecule has 0 unspecified atom stereocenters. The number of aromatic nitrogens is 2. The first-order valence-corrected chi connectivity index (χ1v) is 7.90. The first-order chi connectivity index (χ1) is 11.3. The van der Waals surface area contributed by atoms with Gasteiger partial charge in [0.1, 0.15) is 6.10 Å². The molecule has 1 aromatic heterocycles. The minimum Gasteiger partial charge on any atom is -0.377 e. The maximum Gasteiger partial charge on any atom is 0.234 e. The van der Waals surface area contributed by atoms with Gasteiger partial charge in [-0.05, 0) is 6.07 Å². The van der Waals surface area contributed by atoms with Gasteiger partial charge in [0.15, 0.2) is 0 Å². The molecule has 1 amide bonds. The van der Waals surface area contributed by atoms with Crippen LogP contribution in [0.4, 0.5) is 5.95 Å². The van der Waals surface area contributed by atoms with E-state index >= 15 is 0 Å². The smallest absolute Gasteiger partial charge is 0.234 e. The molecule has 2 aliphatic rings. The summed E-state index contributed by atoms with van der Waals surface area (Å²) in [5.74, 6) is 0.773. The van der Waals surface area contributed by atoms with Crippen molar-refractivity contribution in [1.29, 1.82) is 0 Å². The minimum atomic E-state index is -0.0500. The van der Waals surface area contributed by atoms with Crippen LogP contribution in [-0.2, 0) is 14.3 Å². The van der Waals surface area contributed by atoms with E-state index in [9.17, 15) is 4.79 Å². The SMILES string of the molecule is CO[C@H]1COC[C@@H]1NC(=O)CN1CCN(c2ncccn2)CC1. The fourth-order valence-electron chi connectivity index (χ4n) is 2.92. The number of nitrogens with one attached hydrogen (secondary N) is 1. The molecule has 0 saturated carbocycles. The molecule has 0 bridgehead atoms. The minimum absolute atomic E-state index is 0.0203. The van der Waals surface area contributed by atoms with E-state index in [1.807, 2.05) is 6.07 Å². The number of anilines is 1. The molecule has 2 saturated heterocycles. The molecule has 126 valence electrons. The fourth-order valence-corrected chi connectivity index (χ4v) is 2.92. The van der Waals surface area contributed by atoms with Gasteiger partial charge in [-0.2, -0.15) is 0 Å². The number of carbonyl (C=O) groups excluding carboxylic acids is 1. The first-order valence-electron chi connectivity index (χ1n) is 7.90. The summed E-state index contributed by atoms with van der Waals surface area (Å²) in [7, 11) is 1.64. The molecule has 0 spiro atoms. The highest BCUT2D eigenvalue weighted by Crippen LogP contribution is 2.11. The molecular formula is C15H23N5O3. The lowest BCUT2D eigenvalue weighted by Crippen LogP contribution is -2.52. The van der Waals surface area contributed by atoms with E-state index < -0.39 is 0 Å². The van der Waals surface area contributed by atoms with Gasteiger partial charge in [0.05, 0.1) is 25.8 Å². The summed E-state index contributed by atoms with van der Waals surface area (Å²) in [6.07, 6.45) is 3.45. The van der Waals surface area contributed by atoms with Crippen LogP contribution in [0, 0.1) is 0 Å². The molecule has 3 heterocycles. The lowest BCUT2D eigenvalue weighted by atomic mass is 10.2. The molecule has 1 N–H and O–H groups in total. The van der Waals surface area contributed by atoms with Gasteiger partial charge in [0, 0.05) is 45.7 Å². The molecule has 3 rings (SSSR count). The molecule has 8 heteroatoms. The van der Waals surface area contributed by atoms with E-state index in [-0.39, 0.29) is 18.1 Å². The molecular weight excluding hydrogens is 298 g/mol. The Morgan fingerprint density at radius 3 is 2.74 bits per heavy atom. The molecule has 2 aliphatic heterocycles. The molecule has 0 radical (unpaired) electrons. The summed E-state index contributed by atoms with van der Waals surface area (Å²) in [6, 6.07) is 1.76. The molecule has 1 aromatic rings. The van der Waals surface area contributed by atoms with E-state index in [4.69, 9.17) is 9.47 Å². The molecule has 8 nitrogen and oxygen atoms in total. The van der Waals surface area contributed by atoms with Crippen molar-refractivity contribution in [2.24, 2.45) is 0 Å². The average molecular weight is 321 g/mol. The Kier molecular flexibility index (Phi) is 5.37. The molecule has 0 aliphatic carbocycles. The number of rotatable bonds is 5. The number of carbonyl (C=O) groups is 1. The number of ether oxygens (including phenoxy) is 2. The van der Waals surface area contributed by atoms with Crippen LogP contribution in [0.3, 0.4) is 0 Å². The van der Waals surface area contributed by atoms with E-state index in [1.54, 1.807) is 19.5 Å². The van der Waals surface area contributed by atoms with Crippen molar-refractivity contribution in [1.82, 2.24) is 20.2 Å². The van der Waals surface area contributed by atoms with Gasteiger partial charge in [-0.15, -0.1) is 0 Å². The zero-order valence-corrected chi connectivity index (χ0v) is 13.4. The second kappa shape index (κ2) is 7.67. The van der Waals surface area contributed by atoms with Gasteiger partial charge in [-0.25, -0.2) is 9.97 Å². The third-order valence-electron chi connectivity index (χ3n) is 4.25. The maximum absolute atomic E-state index is 12.2. The van der Waals surface area contributed by atoms with Gasteiger partial charge in [-0.3, -0.25) is 9.69 Å². The number of hydrogen-bond acceptors (Lipinski definition) is 7. The average Bonchev–Trinajstić information content (AvgIpc) is 3.03. The van der Waals surface area contributed by atoms with Crippen molar-refractivity contribution >= 4 is 11.9 Å². The zero-order valence-electron chi connectivity index (χ0n) is 13.4. The summed E-state index contributed by atoms with van der Waals surface area (Å²) in [5.41, 5.74) is 0. The highest BCUT2D eigenvalue weighted by Gasteiger charge is 2.30.